The Morgan fingerprint density at radius 3 is 2.59 bits per heavy atom. The van der Waals surface area contributed by atoms with E-state index in [0.29, 0.717) is 10.0 Å². The summed E-state index contributed by atoms with van der Waals surface area (Å²) >= 11 is 12.4. The van der Waals surface area contributed by atoms with Crippen LogP contribution >= 0.6 is 23.2 Å². The second-order valence-corrected chi connectivity index (χ2v) is 5.17. The number of hydrogen-bond acceptors (Lipinski definition) is 2. The predicted octanol–water partition coefficient (Wildman–Crippen LogP) is 3.74. The number of fused-ring (bicyclic) bond motifs is 1. The molecule has 4 heteroatoms. The summed E-state index contributed by atoms with van der Waals surface area (Å²) in [5, 5.41) is 2.22. The monoisotopic (exact) mass is 268 g/mol. The molecule has 0 radical (unpaired) electrons. The number of rotatable bonds is 2. The number of aryl methyl sites for hydroxylation is 1. The van der Waals surface area contributed by atoms with Crippen LogP contribution in [-0.2, 0) is 6.42 Å². The van der Waals surface area contributed by atoms with Crippen molar-refractivity contribution in [3.8, 4) is 0 Å². The van der Waals surface area contributed by atoms with E-state index >= 15 is 0 Å². The van der Waals surface area contributed by atoms with Crippen molar-refractivity contribution in [2.45, 2.75) is 26.3 Å². The van der Waals surface area contributed by atoms with Crippen LogP contribution in [0.1, 0.15) is 18.2 Å². The molecule has 1 aromatic heterocycles. The maximum atomic E-state index is 6.23. The number of halogens is 2. The molecule has 0 saturated heterocycles. The molecule has 1 unspecified atom stereocenters. The van der Waals surface area contributed by atoms with Crippen molar-refractivity contribution in [2.24, 2.45) is 5.73 Å². The molecule has 0 bridgehead atoms. The van der Waals surface area contributed by atoms with Crippen molar-refractivity contribution in [1.29, 1.82) is 0 Å². The minimum absolute atomic E-state index is 0.0787. The zero-order chi connectivity index (χ0) is 12.6. The first-order valence-corrected chi connectivity index (χ1v) is 6.24. The summed E-state index contributed by atoms with van der Waals surface area (Å²) in [6.45, 7) is 3.92. The van der Waals surface area contributed by atoms with E-state index in [9.17, 15) is 0 Å². The molecule has 2 N–H and O–H groups in total. The average Bonchev–Trinajstić information content (AvgIpc) is 2.22. The molecule has 2 rings (SSSR count). The Labute approximate surface area is 111 Å². The number of pyridine rings is 1. The molecule has 1 atom stereocenters. The van der Waals surface area contributed by atoms with Gasteiger partial charge in [-0.25, -0.2) is 0 Å². The highest BCUT2D eigenvalue weighted by molar-refractivity contribution is 6.40. The van der Waals surface area contributed by atoms with E-state index in [4.69, 9.17) is 28.9 Å². The van der Waals surface area contributed by atoms with E-state index in [2.05, 4.69) is 4.98 Å². The van der Waals surface area contributed by atoms with Gasteiger partial charge in [-0.15, -0.1) is 0 Å². The fraction of sp³-hybridized carbons (Fsp3) is 0.308. The second-order valence-electron chi connectivity index (χ2n) is 4.36. The lowest BCUT2D eigenvalue weighted by Crippen LogP contribution is -2.18. The van der Waals surface area contributed by atoms with E-state index in [1.54, 1.807) is 12.1 Å². The SMILES string of the molecule is Cc1cc(CC(C)N)c2c(Cl)ccc(Cl)c2n1. The fourth-order valence-corrected chi connectivity index (χ4v) is 2.47. The molecule has 2 nitrogen and oxygen atoms in total. The molecule has 0 aliphatic rings. The van der Waals surface area contributed by atoms with Crippen LogP contribution in [0.4, 0.5) is 0 Å². The molecule has 17 heavy (non-hydrogen) atoms. The van der Waals surface area contributed by atoms with Gasteiger partial charge in [-0.2, -0.15) is 0 Å². The number of benzene rings is 1. The van der Waals surface area contributed by atoms with Gasteiger partial charge in [0.15, 0.2) is 0 Å². The lowest BCUT2D eigenvalue weighted by Gasteiger charge is -2.12. The summed E-state index contributed by atoms with van der Waals surface area (Å²) in [6.07, 6.45) is 0.764. The Kier molecular flexibility index (Phi) is 3.57. The second kappa shape index (κ2) is 4.81. The first-order valence-electron chi connectivity index (χ1n) is 5.49. The maximum absolute atomic E-state index is 6.23. The highest BCUT2D eigenvalue weighted by Crippen LogP contribution is 2.32. The minimum Gasteiger partial charge on any atom is -0.328 e. The van der Waals surface area contributed by atoms with Gasteiger partial charge in [0.25, 0.3) is 0 Å². The third-order valence-electron chi connectivity index (χ3n) is 2.61. The van der Waals surface area contributed by atoms with Gasteiger partial charge in [0.1, 0.15) is 0 Å². The topological polar surface area (TPSA) is 38.9 Å². The van der Waals surface area contributed by atoms with Gasteiger partial charge in [-0.1, -0.05) is 23.2 Å². The first-order chi connectivity index (χ1) is 7.99. The molecule has 0 fully saturated rings. The van der Waals surface area contributed by atoms with Crippen LogP contribution < -0.4 is 5.73 Å². The summed E-state index contributed by atoms with van der Waals surface area (Å²) in [6, 6.07) is 5.67. The van der Waals surface area contributed by atoms with Crippen molar-refractivity contribution in [3.05, 3.63) is 39.5 Å². The van der Waals surface area contributed by atoms with Crippen LogP contribution in [0.25, 0.3) is 10.9 Å². The van der Waals surface area contributed by atoms with Gasteiger partial charge >= 0.3 is 0 Å². The van der Waals surface area contributed by atoms with Gasteiger partial charge in [-0.05, 0) is 44.0 Å². The smallest absolute Gasteiger partial charge is 0.0909 e. The van der Waals surface area contributed by atoms with Gasteiger partial charge in [0, 0.05) is 17.1 Å². The van der Waals surface area contributed by atoms with Crippen LogP contribution in [0.3, 0.4) is 0 Å². The molecule has 0 aliphatic heterocycles. The Morgan fingerprint density at radius 1 is 1.29 bits per heavy atom. The highest BCUT2D eigenvalue weighted by atomic mass is 35.5. The van der Waals surface area contributed by atoms with Crippen molar-refractivity contribution >= 4 is 34.1 Å². The van der Waals surface area contributed by atoms with Crippen LogP contribution in [0.15, 0.2) is 18.2 Å². The van der Waals surface area contributed by atoms with Gasteiger partial charge in [0.05, 0.1) is 15.6 Å². The number of nitrogens with zero attached hydrogens (tertiary/aromatic N) is 1. The van der Waals surface area contributed by atoms with Crippen molar-refractivity contribution in [2.75, 3.05) is 0 Å². The summed E-state index contributed by atoms with van der Waals surface area (Å²) in [4.78, 5) is 4.45. The summed E-state index contributed by atoms with van der Waals surface area (Å²) in [5.74, 6) is 0. The Morgan fingerprint density at radius 2 is 1.94 bits per heavy atom. The highest BCUT2D eigenvalue weighted by Gasteiger charge is 2.11. The molecular formula is C13H14Cl2N2. The number of nitrogens with two attached hydrogens (primary N) is 1. The molecule has 0 spiro atoms. The van der Waals surface area contributed by atoms with Gasteiger partial charge in [-0.3, -0.25) is 4.98 Å². The third-order valence-corrected chi connectivity index (χ3v) is 3.23. The Balaban J connectivity index is 2.77. The predicted molar refractivity (Wildman–Crippen MR) is 73.9 cm³/mol. The molecule has 90 valence electrons. The van der Waals surface area contributed by atoms with Crippen LogP contribution in [0.5, 0.6) is 0 Å². The summed E-state index contributed by atoms with van der Waals surface area (Å²) in [7, 11) is 0. The van der Waals surface area contributed by atoms with E-state index < -0.39 is 0 Å². The van der Waals surface area contributed by atoms with E-state index in [-0.39, 0.29) is 6.04 Å². The van der Waals surface area contributed by atoms with Crippen molar-refractivity contribution in [3.63, 3.8) is 0 Å². The molecule has 0 saturated carbocycles. The van der Waals surface area contributed by atoms with E-state index in [0.717, 1.165) is 28.6 Å². The van der Waals surface area contributed by atoms with Crippen LogP contribution in [0, 0.1) is 6.92 Å². The van der Waals surface area contributed by atoms with Gasteiger partial charge in [0.2, 0.25) is 0 Å². The molecule has 1 aromatic carbocycles. The first kappa shape index (κ1) is 12.6. The normalized spacial score (nSPS) is 13.0. The molecule has 2 aromatic rings. The van der Waals surface area contributed by atoms with Crippen LogP contribution in [0.2, 0.25) is 10.0 Å². The molecule has 0 aliphatic carbocycles. The molecule has 0 amide bonds. The average molecular weight is 269 g/mol. The molecular weight excluding hydrogens is 255 g/mol. The third kappa shape index (κ3) is 2.54. The maximum Gasteiger partial charge on any atom is 0.0909 e. The van der Waals surface area contributed by atoms with Crippen molar-refractivity contribution in [1.82, 2.24) is 4.98 Å². The standard InChI is InChI=1S/C13H14Cl2N2/c1-7(16)5-9-6-8(2)17-13-11(15)4-3-10(14)12(9)13/h3-4,6-7H,5,16H2,1-2H3. The fourth-order valence-electron chi connectivity index (χ4n) is 2.00. The van der Waals surface area contributed by atoms with Gasteiger partial charge < -0.3 is 5.73 Å². The Bertz CT molecular complexity index is 565. The zero-order valence-corrected chi connectivity index (χ0v) is 11.3. The lowest BCUT2D eigenvalue weighted by atomic mass is 10.0. The van der Waals surface area contributed by atoms with E-state index in [1.165, 1.54) is 0 Å². The number of aromatic nitrogens is 1. The zero-order valence-electron chi connectivity index (χ0n) is 9.80. The van der Waals surface area contributed by atoms with Crippen LogP contribution in [-0.4, -0.2) is 11.0 Å². The quantitative estimate of drug-likeness (QED) is 0.901. The number of hydrogen-bond donors (Lipinski definition) is 1. The lowest BCUT2D eigenvalue weighted by molar-refractivity contribution is 0.740. The van der Waals surface area contributed by atoms with Crippen molar-refractivity contribution < 1.29 is 0 Å². The van der Waals surface area contributed by atoms with E-state index in [1.807, 2.05) is 19.9 Å². The minimum atomic E-state index is 0.0787. The molecule has 1 heterocycles. The summed E-state index contributed by atoms with van der Waals surface area (Å²) < 4.78 is 0. The summed E-state index contributed by atoms with van der Waals surface area (Å²) in [5.41, 5.74) is 8.65. The largest absolute Gasteiger partial charge is 0.328 e. The Hall–Kier alpha value is -0.830.